The van der Waals surface area contributed by atoms with Gasteiger partial charge in [-0.3, -0.25) is 14.9 Å². The third kappa shape index (κ3) is 4.65. The fourth-order valence-corrected chi connectivity index (χ4v) is 2.37. The van der Waals surface area contributed by atoms with Crippen molar-refractivity contribution in [3.05, 3.63) is 63.0 Å². The number of rotatable bonds is 4. The molecular formula is C14H9F3N2O3S. The number of hydrogen-bond acceptors (Lipinski definition) is 4. The second-order valence-electron chi connectivity index (χ2n) is 4.33. The minimum atomic E-state index is -4.49. The van der Waals surface area contributed by atoms with E-state index < -0.39 is 22.6 Å². The highest BCUT2D eigenvalue weighted by Gasteiger charge is 2.30. The Labute approximate surface area is 132 Å². The van der Waals surface area contributed by atoms with Gasteiger partial charge in [0.1, 0.15) is 0 Å². The summed E-state index contributed by atoms with van der Waals surface area (Å²) in [4.78, 5) is 22.1. The quantitative estimate of drug-likeness (QED) is 0.511. The molecule has 1 N–H and O–H groups in total. The van der Waals surface area contributed by atoms with E-state index in [2.05, 4.69) is 5.32 Å². The lowest BCUT2D eigenvalue weighted by Crippen LogP contribution is -2.10. The zero-order chi connectivity index (χ0) is 17.0. The molecule has 0 spiro atoms. The molecule has 2 rings (SSSR count). The van der Waals surface area contributed by atoms with Gasteiger partial charge < -0.3 is 5.32 Å². The summed E-state index contributed by atoms with van der Waals surface area (Å²) in [6.45, 7) is 0. The average Bonchev–Trinajstić information content (AvgIpc) is 2.94. The summed E-state index contributed by atoms with van der Waals surface area (Å²) in [5.74, 6) is -0.639. The lowest BCUT2D eigenvalue weighted by Gasteiger charge is -2.08. The van der Waals surface area contributed by atoms with Gasteiger partial charge in [-0.25, -0.2) is 0 Å². The molecule has 1 amide bonds. The van der Waals surface area contributed by atoms with E-state index in [1.165, 1.54) is 30.3 Å². The molecule has 2 aromatic rings. The smallest absolute Gasteiger partial charge is 0.322 e. The van der Waals surface area contributed by atoms with Crippen molar-refractivity contribution in [1.29, 1.82) is 0 Å². The highest BCUT2D eigenvalue weighted by Crippen LogP contribution is 2.30. The van der Waals surface area contributed by atoms with Gasteiger partial charge in [0.25, 0.3) is 0 Å². The maximum Gasteiger partial charge on any atom is 0.416 e. The van der Waals surface area contributed by atoms with Crippen LogP contribution in [0.3, 0.4) is 0 Å². The van der Waals surface area contributed by atoms with Crippen LogP contribution < -0.4 is 5.32 Å². The van der Waals surface area contributed by atoms with E-state index >= 15 is 0 Å². The Morgan fingerprint density at radius 2 is 2.00 bits per heavy atom. The van der Waals surface area contributed by atoms with Crippen LogP contribution in [-0.2, 0) is 11.0 Å². The van der Waals surface area contributed by atoms with E-state index in [-0.39, 0.29) is 10.7 Å². The van der Waals surface area contributed by atoms with E-state index in [0.29, 0.717) is 4.88 Å². The SMILES string of the molecule is O=C(/C=C/c1ccc([N+](=O)[O-])s1)Nc1cccc(C(F)(F)F)c1. The summed E-state index contributed by atoms with van der Waals surface area (Å²) >= 11 is 0.880. The fraction of sp³-hybridized carbons (Fsp3) is 0.0714. The van der Waals surface area contributed by atoms with Crippen LogP contribution in [0.25, 0.3) is 6.08 Å². The van der Waals surface area contributed by atoms with Gasteiger partial charge in [-0.15, -0.1) is 0 Å². The highest BCUT2D eigenvalue weighted by molar-refractivity contribution is 7.16. The van der Waals surface area contributed by atoms with Gasteiger partial charge in [-0.2, -0.15) is 13.2 Å². The standard InChI is InChI=1S/C14H9F3N2O3S/c15-14(16,17)9-2-1-3-10(8-9)18-12(20)6-4-11-5-7-13(23-11)19(21)22/h1-8H,(H,18,20)/b6-4+. The minimum Gasteiger partial charge on any atom is -0.322 e. The van der Waals surface area contributed by atoms with Crippen molar-refractivity contribution >= 4 is 34.0 Å². The predicted molar refractivity (Wildman–Crippen MR) is 80.1 cm³/mol. The number of nitrogens with one attached hydrogen (secondary N) is 1. The highest BCUT2D eigenvalue weighted by atomic mass is 32.1. The fourth-order valence-electron chi connectivity index (χ4n) is 1.64. The Kier molecular flexibility index (Phi) is 4.80. The number of thiophene rings is 1. The Balaban J connectivity index is 2.04. The summed E-state index contributed by atoms with van der Waals surface area (Å²) in [7, 11) is 0. The molecule has 23 heavy (non-hydrogen) atoms. The first-order valence-electron chi connectivity index (χ1n) is 6.16. The van der Waals surface area contributed by atoms with Crippen LogP contribution >= 0.6 is 11.3 Å². The van der Waals surface area contributed by atoms with Gasteiger partial charge in [0.2, 0.25) is 5.91 Å². The molecule has 0 saturated carbocycles. The van der Waals surface area contributed by atoms with Gasteiger partial charge in [0, 0.05) is 22.7 Å². The molecule has 1 heterocycles. The maximum atomic E-state index is 12.6. The van der Waals surface area contributed by atoms with Crippen LogP contribution in [0, 0.1) is 10.1 Å². The van der Waals surface area contributed by atoms with E-state index in [0.717, 1.165) is 29.5 Å². The summed E-state index contributed by atoms with van der Waals surface area (Å²) in [6.07, 6.45) is -2.05. The van der Waals surface area contributed by atoms with Crippen molar-refractivity contribution in [3.8, 4) is 0 Å². The maximum absolute atomic E-state index is 12.6. The molecule has 0 aliphatic rings. The van der Waals surface area contributed by atoms with E-state index in [4.69, 9.17) is 0 Å². The number of benzene rings is 1. The molecule has 120 valence electrons. The topological polar surface area (TPSA) is 72.2 Å². The number of nitrogens with zero attached hydrogens (tertiary/aromatic N) is 1. The van der Waals surface area contributed by atoms with Crippen molar-refractivity contribution in [3.63, 3.8) is 0 Å². The van der Waals surface area contributed by atoms with Crippen LogP contribution in [0.1, 0.15) is 10.4 Å². The molecule has 0 radical (unpaired) electrons. The van der Waals surface area contributed by atoms with Crippen molar-refractivity contribution in [2.75, 3.05) is 5.32 Å². The van der Waals surface area contributed by atoms with Crippen molar-refractivity contribution in [2.45, 2.75) is 6.18 Å². The molecule has 9 heteroatoms. The van der Waals surface area contributed by atoms with Crippen molar-refractivity contribution < 1.29 is 22.9 Å². The number of anilines is 1. The van der Waals surface area contributed by atoms with Gasteiger partial charge in [0.15, 0.2) is 0 Å². The molecule has 1 aromatic heterocycles. The summed E-state index contributed by atoms with van der Waals surface area (Å²) < 4.78 is 37.7. The van der Waals surface area contributed by atoms with E-state index in [1.54, 1.807) is 0 Å². The number of carbonyl (C=O) groups is 1. The van der Waals surface area contributed by atoms with Gasteiger partial charge in [0.05, 0.1) is 10.5 Å². The number of hydrogen-bond donors (Lipinski definition) is 1. The normalized spacial score (nSPS) is 11.6. The Bertz CT molecular complexity index is 769. The van der Waals surface area contributed by atoms with Gasteiger partial charge in [-0.1, -0.05) is 17.4 Å². The number of amides is 1. The molecule has 1 aromatic carbocycles. The van der Waals surface area contributed by atoms with Crippen LogP contribution in [0.5, 0.6) is 0 Å². The molecule has 0 unspecified atom stereocenters. The first-order valence-corrected chi connectivity index (χ1v) is 6.98. The zero-order valence-electron chi connectivity index (χ0n) is 11.3. The number of nitro groups is 1. The minimum absolute atomic E-state index is 0.00614. The lowest BCUT2D eigenvalue weighted by atomic mass is 10.2. The van der Waals surface area contributed by atoms with Crippen LogP contribution in [0.2, 0.25) is 0 Å². The predicted octanol–water partition coefficient (Wildman–Crippen LogP) is 4.33. The number of carbonyl (C=O) groups excluding carboxylic acids is 1. The number of alkyl halides is 3. The monoisotopic (exact) mass is 342 g/mol. The van der Waals surface area contributed by atoms with Crippen molar-refractivity contribution in [2.24, 2.45) is 0 Å². The van der Waals surface area contributed by atoms with Crippen molar-refractivity contribution in [1.82, 2.24) is 0 Å². The molecule has 0 bridgehead atoms. The van der Waals surface area contributed by atoms with Gasteiger partial charge in [-0.05, 0) is 30.3 Å². The molecule has 5 nitrogen and oxygen atoms in total. The Morgan fingerprint density at radius 1 is 1.26 bits per heavy atom. The lowest BCUT2D eigenvalue weighted by molar-refractivity contribution is -0.380. The summed E-state index contributed by atoms with van der Waals surface area (Å²) in [6, 6.07) is 7.01. The molecule has 0 saturated heterocycles. The second-order valence-corrected chi connectivity index (χ2v) is 5.43. The van der Waals surface area contributed by atoms with E-state index in [1.807, 2.05) is 0 Å². The third-order valence-corrected chi connectivity index (χ3v) is 3.65. The third-order valence-electron chi connectivity index (χ3n) is 2.65. The Hall–Kier alpha value is -2.68. The van der Waals surface area contributed by atoms with Crippen LogP contribution in [0.4, 0.5) is 23.9 Å². The summed E-state index contributed by atoms with van der Waals surface area (Å²) in [5, 5.41) is 12.8. The Morgan fingerprint density at radius 3 is 2.61 bits per heavy atom. The molecule has 0 atom stereocenters. The first-order chi connectivity index (χ1) is 10.8. The van der Waals surface area contributed by atoms with Crippen LogP contribution in [-0.4, -0.2) is 10.8 Å². The molecular weight excluding hydrogens is 333 g/mol. The molecule has 0 aliphatic heterocycles. The second kappa shape index (κ2) is 6.61. The van der Waals surface area contributed by atoms with Gasteiger partial charge >= 0.3 is 11.2 Å². The largest absolute Gasteiger partial charge is 0.416 e. The zero-order valence-corrected chi connectivity index (χ0v) is 12.1. The van der Waals surface area contributed by atoms with Crippen LogP contribution in [0.15, 0.2) is 42.5 Å². The molecule has 0 fully saturated rings. The first kappa shape index (κ1) is 16.7. The summed E-state index contributed by atoms with van der Waals surface area (Å²) in [5.41, 5.74) is -0.861. The number of halogens is 3. The average molecular weight is 342 g/mol. The molecule has 0 aliphatic carbocycles. The van der Waals surface area contributed by atoms with E-state index in [9.17, 15) is 28.1 Å².